The molecule has 0 saturated heterocycles. The van der Waals surface area contributed by atoms with Crippen LogP contribution >= 0.6 is 0 Å². The van der Waals surface area contributed by atoms with Crippen molar-refractivity contribution in [3.63, 3.8) is 0 Å². The lowest BCUT2D eigenvalue weighted by molar-refractivity contribution is -0.132. The lowest BCUT2D eigenvalue weighted by atomic mass is 10.0. The first-order chi connectivity index (χ1) is 8.63. The standard InChI is InChI=1S/C14H18O4/c1-4-5-6-11-7-8-12(9-15)14(13(11)17-3)18-10(2)16/h7-9H,4-6H2,1-3H3. The molecule has 1 aromatic rings. The minimum Gasteiger partial charge on any atom is -0.493 e. The van der Waals surface area contributed by atoms with Crippen molar-refractivity contribution >= 4 is 12.3 Å². The van der Waals surface area contributed by atoms with Crippen LogP contribution in [0.5, 0.6) is 11.5 Å². The van der Waals surface area contributed by atoms with Crippen molar-refractivity contribution in [1.29, 1.82) is 0 Å². The van der Waals surface area contributed by atoms with Crippen molar-refractivity contribution in [1.82, 2.24) is 0 Å². The molecular weight excluding hydrogens is 232 g/mol. The maximum Gasteiger partial charge on any atom is 0.308 e. The number of unbranched alkanes of at least 4 members (excludes halogenated alkanes) is 1. The average molecular weight is 250 g/mol. The molecule has 98 valence electrons. The molecule has 0 aliphatic carbocycles. The summed E-state index contributed by atoms with van der Waals surface area (Å²) >= 11 is 0. The largest absolute Gasteiger partial charge is 0.493 e. The molecule has 0 amide bonds. The highest BCUT2D eigenvalue weighted by molar-refractivity contribution is 5.84. The predicted octanol–water partition coefficient (Wildman–Crippen LogP) is 2.78. The summed E-state index contributed by atoms with van der Waals surface area (Å²) in [5.74, 6) is 0.223. The second-order valence-electron chi connectivity index (χ2n) is 3.99. The summed E-state index contributed by atoms with van der Waals surface area (Å²) in [7, 11) is 1.51. The minimum atomic E-state index is -0.468. The van der Waals surface area contributed by atoms with E-state index in [1.165, 1.54) is 14.0 Å². The number of aldehydes is 1. The van der Waals surface area contributed by atoms with Crippen LogP contribution in [0.3, 0.4) is 0 Å². The van der Waals surface area contributed by atoms with Gasteiger partial charge in [0.05, 0.1) is 12.7 Å². The molecule has 1 aromatic carbocycles. The molecule has 0 aromatic heterocycles. The summed E-state index contributed by atoms with van der Waals surface area (Å²) in [4.78, 5) is 22.0. The number of benzene rings is 1. The highest BCUT2D eigenvalue weighted by atomic mass is 16.6. The molecule has 18 heavy (non-hydrogen) atoms. The normalized spacial score (nSPS) is 9.94. The molecule has 0 saturated carbocycles. The Labute approximate surface area is 107 Å². The SMILES string of the molecule is CCCCc1ccc(C=O)c(OC(C)=O)c1OC. The van der Waals surface area contributed by atoms with Gasteiger partial charge in [-0.2, -0.15) is 0 Å². The Bertz CT molecular complexity index is 438. The molecule has 0 N–H and O–H groups in total. The van der Waals surface area contributed by atoms with Gasteiger partial charge in [-0.1, -0.05) is 19.4 Å². The summed E-state index contributed by atoms with van der Waals surface area (Å²) in [6.45, 7) is 3.39. The van der Waals surface area contributed by atoms with Crippen molar-refractivity contribution in [3.05, 3.63) is 23.3 Å². The van der Waals surface area contributed by atoms with Gasteiger partial charge in [-0.25, -0.2) is 0 Å². The van der Waals surface area contributed by atoms with Crippen LogP contribution in [0.4, 0.5) is 0 Å². The lowest BCUT2D eigenvalue weighted by Gasteiger charge is -2.14. The van der Waals surface area contributed by atoms with Crippen LogP contribution in [0.15, 0.2) is 12.1 Å². The zero-order valence-electron chi connectivity index (χ0n) is 11.0. The molecule has 0 atom stereocenters. The van der Waals surface area contributed by atoms with Crippen molar-refractivity contribution in [3.8, 4) is 11.5 Å². The summed E-state index contributed by atoms with van der Waals surface area (Å²) in [5, 5.41) is 0. The van der Waals surface area contributed by atoms with E-state index in [1.54, 1.807) is 6.07 Å². The van der Waals surface area contributed by atoms with Gasteiger partial charge in [0.1, 0.15) is 0 Å². The molecule has 0 aliphatic rings. The van der Waals surface area contributed by atoms with Gasteiger partial charge in [0.15, 0.2) is 17.8 Å². The molecule has 0 unspecified atom stereocenters. The fourth-order valence-electron chi connectivity index (χ4n) is 1.75. The Kier molecular flexibility index (Phi) is 5.36. The van der Waals surface area contributed by atoms with Gasteiger partial charge < -0.3 is 9.47 Å². The van der Waals surface area contributed by atoms with Crippen molar-refractivity contribution in [2.45, 2.75) is 33.1 Å². The fourth-order valence-corrected chi connectivity index (χ4v) is 1.75. The third-order valence-electron chi connectivity index (χ3n) is 2.60. The Morgan fingerprint density at radius 2 is 2.06 bits per heavy atom. The van der Waals surface area contributed by atoms with Gasteiger partial charge >= 0.3 is 5.97 Å². The van der Waals surface area contributed by atoms with Gasteiger partial charge in [-0.15, -0.1) is 0 Å². The Morgan fingerprint density at radius 1 is 1.33 bits per heavy atom. The van der Waals surface area contributed by atoms with Crippen molar-refractivity contribution < 1.29 is 19.1 Å². The molecule has 0 heterocycles. The van der Waals surface area contributed by atoms with Crippen LogP contribution in [0.1, 0.15) is 42.6 Å². The first-order valence-corrected chi connectivity index (χ1v) is 5.97. The van der Waals surface area contributed by atoms with Crippen LogP contribution in [0.25, 0.3) is 0 Å². The second-order valence-corrected chi connectivity index (χ2v) is 3.99. The minimum absolute atomic E-state index is 0.216. The topological polar surface area (TPSA) is 52.6 Å². The van der Waals surface area contributed by atoms with Crippen LogP contribution in [0.2, 0.25) is 0 Å². The molecule has 0 radical (unpaired) electrons. The number of esters is 1. The van der Waals surface area contributed by atoms with E-state index in [4.69, 9.17) is 9.47 Å². The fraction of sp³-hybridized carbons (Fsp3) is 0.429. The van der Waals surface area contributed by atoms with Crippen molar-refractivity contribution in [2.24, 2.45) is 0 Å². The van der Waals surface area contributed by atoms with Gasteiger partial charge in [-0.05, 0) is 24.5 Å². The zero-order valence-corrected chi connectivity index (χ0v) is 11.0. The first kappa shape index (κ1) is 14.2. The maximum absolute atomic E-state index is 11.1. The van der Waals surface area contributed by atoms with Gasteiger partial charge in [0, 0.05) is 6.92 Å². The Hall–Kier alpha value is -1.84. The number of aryl methyl sites for hydroxylation is 1. The monoisotopic (exact) mass is 250 g/mol. The summed E-state index contributed by atoms with van der Waals surface area (Å²) in [6.07, 6.45) is 3.55. The summed E-state index contributed by atoms with van der Waals surface area (Å²) in [5.41, 5.74) is 1.27. The number of hydrogen-bond acceptors (Lipinski definition) is 4. The smallest absolute Gasteiger partial charge is 0.308 e. The van der Waals surface area contributed by atoms with E-state index in [1.807, 2.05) is 6.07 Å². The number of methoxy groups -OCH3 is 1. The number of carbonyl (C=O) groups excluding carboxylic acids is 2. The lowest BCUT2D eigenvalue weighted by Crippen LogP contribution is -2.07. The molecule has 0 aliphatic heterocycles. The van der Waals surface area contributed by atoms with Crippen LogP contribution < -0.4 is 9.47 Å². The van der Waals surface area contributed by atoms with E-state index in [9.17, 15) is 9.59 Å². The summed E-state index contributed by atoms with van der Waals surface area (Å²) < 4.78 is 10.4. The number of carbonyl (C=O) groups is 2. The van der Waals surface area contributed by atoms with Gasteiger partial charge in [-0.3, -0.25) is 9.59 Å². The second kappa shape index (κ2) is 6.79. The van der Waals surface area contributed by atoms with E-state index >= 15 is 0 Å². The van der Waals surface area contributed by atoms with Crippen molar-refractivity contribution in [2.75, 3.05) is 7.11 Å². The van der Waals surface area contributed by atoms with E-state index < -0.39 is 5.97 Å². The molecule has 1 rings (SSSR count). The third-order valence-corrected chi connectivity index (χ3v) is 2.60. The average Bonchev–Trinajstić information content (AvgIpc) is 2.35. The highest BCUT2D eigenvalue weighted by Crippen LogP contribution is 2.35. The maximum atomic E-state index is 11.1. The molecule has 0 bridgehead atoms. The zero-order chi connectivity index (χ0) is 13.5. The van der Waals surface area contributed by atoms with E-state index in [0.29, 0.717) is 17.6 Å². The van der Waals surface area contributed by atoms with Crippen LogP contribution in [0, 0.1) is 0 Å². The Morgan fingerprint density at radius 3 is 2.56 bits per heavy atom. The highest BCUT2D eigenvalue weighted by Gasteiger charge is 2.16. The number of ether oxygens (including phenoxy) is 2. The van der Waals surface area contributed by atoms with Gasteiger partial charge in [0.25, 0.3) is 0 Å². The van der Waals surface area contributed by atoms with E-state index in [2.05, 4.69) is 6.92 Å². The Balaban J connectivity index is 3.22. The molecule has 0 fully saturated rings. The predicted molar refractivity (Wildman–Crippen MR) is 68.3 cm³/mol. The molecule has 0 spiro atoms. The molecule has 4 heteroatoms. The molecule has 4 nitrogen and oxygen atoms in total. The van der Waals surface area contributed by atoms with E-state index in [0.717, 1.165) is 24.8 Å². The molecular formula is C14H18O4. The third kappa shape index (κ3) is 3.32. The van der Waals surface area contributed by atoms with Gasteiger partial charge in [0.2, 0.25) is 0 Å². The number of hydrogen-bond donors (Lipinski definition) is 0. The van der Waals surface area contributed by atoms with E-state index in [-0.39, 0.29) is 5.75 Å². The van der Waals surface area contributed by atoms with Crippen LogP contribution in [-0.2, 0) is 11.2 Å². The first-order valence-electron chi connectivity index (χ1n) is 5.97. The van der Waals surface area contributed by atoms with Crippen LogP contribution in [-0.4, -0.2) is 19.4 Å². The quantitative estimate of drug-likeness (QED) is 0.442. The summed E-state index contributed by atoms with van der Waals surface area (Å²) in [6, 6.07) is 3.49. The number of rotatable bonds is 6.